The summed E-state index contributed by atoms with van der Waals surface area (Å²) in [6.45, 7) is 7.97. The highest BCUT2D eigenvalue weighted by Crippen LogP contribution is 2.37. The Labute approximate surface area is 210 Å². The smallest absolute Gasteiger partial charge is 0.232 e. The van der Waals surface area contributed by atoms with Gasteiger partial charge in [-0.1, -0.05) is 25.1 Å². The lowest BCUT2D eigenvalue weighted by Crippen LogP contribution is -2.21. The average Bonchev–Trinajstić information content (AvgIpc) is 3.24. The standard InChI is InChI=1S/C25H30F2N6O2S/c1-5-8-36(34,35)31-22-7-6-21(26)25(24(22)27)33-14-23(30-32-33)19-11-18(12-28-13-19)20-10-17(4)29-16(3)9-15(20)2/h6-7,10-13,15,20,23,31H,5,8-9,14H2,1-4H3. The molecule has 0 radical (unpaired) electrons. The normalized spacial score (nSPS) is 22.3. The van der Waals surface area contributed by atoms with E-state index in [0.717, 1.165) is 46.1 Å². The Bertz CT molecular complexity index is 1340. The first kappa shape index (κ1) is 25.9. The number of sulfonamides is 1. The van der Waals surface area contributed by atoms with Crippen molar-refractivity contribution in [3.05, 3.63) is 65.1 Å². The van der Waals surface area contributed by atoms with Gasteiger partial charge in [0, 0.05) is 29.7 Å². The zero-order chi connectivity index (χ0) is 26.0. The Morgan fingerprint density at radius 2 is 1.92 bits per heavy atom. The van der Waals surface area contributed by atoms with Crippen molar-refractivity contribution in [2.24, 2.45) is 21.2 Å². The van der Waals surface area contributed by atoms with E-state index in [9.17, 15) is 12.8 Å². The van der Waals surface area contributed by atoms with Crippen LogP contribution in [0.15, 0.2) is 57.7 Å². The second-order valence-electron chi connectivity index (χ2n) is 9.40. The van der Waals surface area contributed by atoms with Crippen LogP contribution in [0.5, 0.6) is 0 Å². The molecule has 0 fully saturated rings. The molecule has 11 heteroatoms. The van der Waals surface area contributed by atoms with E-state index in [4.69, 9.17) is 0 Å². The van der Waals surface area contributed by atoms with Crippen LogP contribution in [0.1, 0.15) is 63.6 Å². The Balaban J connectivity index is 1.57. The second kappa shape index (κ2) is 10.4. The van der Waals surface area contributed by atoms with Crippen LogP contribution in [-0.2, 0) is 10.0 Å². The highest BCUT2D eigenvalue weighted by molar-refractivity contribution is 7.92. The molecule has 3 unspecified atom stereocenters. The number of nitrogens with zero attached hydrogens (tertiary/aromatic N) is 5. The van der Waals surface area contributed by atoms with Crippen molar-refractivity contribution in [3.8, 4) is 0 Å². The van der Waals surface area contributed by atoms with Crippen molar-refractivity contribution in [2.75, 3.05) is 22.0 Å². The maximum absolute atomic E-state index is 15.2. The van der Waals surface area contributed by atoms with Crippen LogP contribution in [0, 0.1) is 17.6 Å². The second-order valence-corrected chi connectivity index (χ2v) is 11.2. The zero-order valence-electron chi connectivity index (χ0n) is 20.7. The van der Waals surface area contributed by atoms with Crippen LogP contribution in [0.3, 0.4) is 0 Å². The summed E-state index contributed by atoms with van der Waals surface area (Å²) in [5.74, 6) is -1.62. The van der Waals surface area contributed by atoms with Crippen LogP contribution in [0.4, 0.5) is 20.2 Å². The van der Waals surface area contributed by atoms with Gasteiger partial charge in [-0.2, -0.15) is 5.11 Å². The molecule has 8 nitrogen and oxygen atoms in total. The summed E-state index contributed by atoms with van der Waals surface area (Å²) < 4.78 is 56.3. The lowest BCUT2D eigenvalue weighted by molar-refractivity contribution is 0.544. The van der Waals surface area contributed by atoms with Crippen LogP contribution in [-0.4, -0.2) is 31.4 Å². The van der Waals surface area contributed by atoms with Gasteiger partial charge in [-0.15, -0.1) is 0 Å². The molecule has 2 aliphatic rings. The van der Waals surface area contributed by atoms with Gasteiger partial charge in [-0.3, -0.25) is 14.7 Å². The minimum absolute atomic E-state index is 0.0848. The summed E-state index contributed by atoms with van der Waals surface area (Å²) in [6, 6.07) is 3.60. The number of nitrogens with one attached hydrogen (secondary N) is 1. The number of pyridine rings is 1. The highest BCUT2D eigenvalue weighted by Gasteiger charge is 2.30. The maximum Gasteiger partial charge on any atom is 0.232 e. The molecule has 0 aliphatic carbocycles. The van der Waals surface area contributed by atoms with Crippen molar-refractivity contribution < 1.29 is 17.2 Å². The lowest BCUT2D eigenvalue weighted by Gasteiger charge is -2.21. The van der Waals surface area contributed by atoms with Gasteiger partial charge >= 0.3 is 0 Å². The molecule has 1 aromatic heterocycles. The minimum Gasteiger partial charge on any atom is -0.280 e. The van der Waals surface area contributed by atoms with Gasteiger partial charge in [0.25, 0.3) is 0 Å². The summed E-state index contributed by atoms with van der Waals surface area (Å²) in [6.07, 6.45) is 6.88. The molecule has 1 aromatic carbocycles. The van der Waals surface area contributed by atoms with Crippen molar-refractivity contribution in [1.29, 1.82) is 0 Å². The van der Waals surface area contributed by atoms with E-state index in [0.29, 0.717) is 12.3 Å². The fraction of sp³-hybridized carbons (Fsp3) is 0.440. The van der Waals surface area contributed by atoms with E-state index in [1.807, 2.05) is 26.1 Å². The van der Waals surface area contributed by atoms with Gasteiger partial charge < -0.3 is 0 Å². The molecule has 4 rings (SSSR count). The summed E-state index contributed by atoms with van der Waals surface area (Å²) in [4.78, 5) is 9.01. The molecule has 3 atom stereocenters. The van der Waals surface area contributed by atoms with Crippen molar-refractivity contribution >= 4 is 27.1 Å². The number of anilines is 2. The molecule has 2 aromatic rings. The van der Waals surface area contributed by atoms with E-state index in [1.165, 1.54) is 0 Å². The van der Waals surface area contributed by atoms with Gasteiger partial charge in [0.2, 0.25) is 10.0 Å². The number of benzene rings is 1. The number of allylic oxidation sites excluding steroid dienone is 2. The first-order chi connectivity index (χ1) is 17.1. The first-order valence-corrected chi connectivity index (χ1v) is 13.6. The van der Waals surface area contributed by atoms with E-state index in [2.05, 4.69) is 38.0 Å². The number of hydrogen-bond acceptors (Lipinski definition) is 7. The monoisotopic (exact) mass is 516 g/mol. The number of aromatic nitrogens is 1. The SMILES string of the molecule is CCCS(=O)(=O)Nc1ccc(F)c(N2CC(c3cncc(C4C=C(C)N=C(C)CC4C)c3)N=N2)c1F. The number of rotatable bonds is 7. The molecule has 192 valence electrons. The van der Waals surface area contributed by atoms with Crippen LogP contribution in [0.25, 0.3) is 0 Å². The average molecular weight is 517 g/mol. The van der Waals surface area contributed by atoms with E-state index >= 15 is 4.39 Å². The van der Waals surface area contributed by atoms with Gasteiger partial charge in [-0.25, -0.2) is 22.2 Å². The molecule has 36 heavy (non-hydrogen) atoms. The largest absolute Gasteiger partial charge is 0.280 e. The Kier molecular flexibility index (Phi) is 7.49. The van der Waals surface area contributed by atoms with Gasteiger partial charge in [0.15, 0.2) is 11.6 Å². The molecule has 2 aliphatic heterocycles. The van der Waals surface area contributed by atoms with Gasteiger partial charge in [0.1, 0.15) is 11.7 Å². The molecule has 0 saturated carbocycles. The number of hydrogen-bond donors (Lipinski definition) is 1. The van der Waals surface area contributed by atoms with Crippen molar-refractivity contribution in [3.63, 3.8) is 0 Å². The summed E-state index contributed by atoms with van der Waals surface area (Å²) in [7, 11) is -3.75. The van der Waals surface area contributed by atoms with E-state index in [1.54, 1.807) is 13.1 Å². The molecule has 0 bridgehead atoms. The molecule has 3 heterocycles. The first-order valence-electron chi connectivity index (χ1n) is 11.9. The van der Waals surface area contributed by atoms with Crippen LogP contribution in [0.2, 0.25) is 0 Å². The number of aliphatic imine (C=N–C) groups is 1. The topological polar surface area (TPSA) is 99.4 Å². The Hall–Kier alpha value is -3.21. The van der Waals surface area contributed by atoms with Crippen LogP contribution >= 0.6 is 0 Å². The Morgan fingerprint density at radius 3 is 2.67 bits per heavy atom. The fourth-order valence-electron chi connectivity index (χ4n) is 4.68. The maximum atomic E-state index is 15.2. The lowest BCUT2D eigenvalue weighted by atomic mass is 9.84. The third-order valence-electron chi connectivity index (χ3n) is 6.28. The summed E-state index contributed by atoms with van der Waals surface area (Å²) in [5.41, 5.74) is 3.06. The van der Waals surface area contributed by atoms with E-state index in [-0.39, 0.29) is 23.9 Å². The highest BCUT2D eigenvalue weighted by atomic mass is 32.2. The van der Waals surface area contributed by atoms with Crippen molar-refractivity contribution in [1.82, 2.24) is 4.98 Å². The molecule has 1 N–H and O–H groups in total. The quantitative estimate of drug-likeness (QED) is 0.493. The minimum atomic E-state index is -3.75. The van der Waals surface area contributed by atoms with Gasteiger partial charge in [-0.05, 0) is 61.9 Å². The van der Waals surface area contributed by atoms with E-state index < -0.39 is 33.4 Å². The summed E-state index contributed by atoms with van der Waals surface area (Å²) >= 11 is 0. The summed E-state index contributed by atoms with van der Waals surface area (Å²) in [5, 5.41) is 9.35. The van der Waals surface area contributed by atoms with Crippen LogP contribution < -0.4 is 9.73 Å². The van der Waals surface area contributed by atoms with Crippen molar-refractivity contribution in [2.45, 2.75) is 52.5 Å². The molecular formula is C25H30F2N6O2S. The van der Waals surface area contributed by atoms with Gasteiger partial charge in [0.05, 0.1) is 18.0 Å². The molecule has 0 amide bonds. The third kappa shape index (κ3) is 5.61. The predicted molar refractivity (Wildman–Crippen MR) is 137 cm³/mol. The predicted octanol–water partition coefficient (Wildman–Crippen LogP) is 5.93. The Morgan fingerprint density at radius 1 is 1.17 bits per heavy atom. The number of halogens is 2. The molecular weight excluding hydrogens is 486 g/mol. The third-order valence-corrected chi connectivity index (χ3v) is 7.75. The molecule has 0 saturated heterocycles. The fourth-order valence-corrected chi connectivity index (χ4v) is 5.81. The zero-order valence-corrected chi connectivity index (χ0v) is 21.6. The molecule has 0 spiro atoms.